The highest BCUT2D eigenvalue weighted by Crippen LogP contribution is 2.34. The van der Waals surface area contributed by atoms with Gasteiger partial charge in [-0.15, -0.1) is 0 Å². The number of halogens is 3. The quantitative estimate of drug-likeness (QED) is 0.502. The van der Waals surface area contributed by atoms with E-state index in [4.69, 9.17) is 4.74 Å². The summed E-state index contributed by atoms with van der Waals surface area (Å²) < 4.78 is 47.4. The van der Waals surface area contributed by atoms with E-state index < -0.39 is 11.7 Å². The van der Waals surface area contributed by atoms with E-state index in [1.807, 2.05) is 23.1 Å². The lowest BCUT2D eigenvalue weighted by atomic mass is 10.0. The Hall–Kier alpha value is -3.11. The molecule has 5 rings (SSSR count). The first-order chi connectivity index (χ1) is 16.3. The number of amides is 1. The number of rotatable bonds is 3. The van der Waals surface area contributed by atoms with Crippen LogP contribution in [0.3, 0.4) is 0 Å². The van der Waals surface area contributed by atoms with Gasteiger partial charge < -0.3 is 9.64 Å². The van der Waals surface area contributed by atoms with Crippen molar-refractivity contribution < 1.29 is 22.7 Å². The first-order valence-electron chi connectivity index (χ1n) is 10.8. The van der Waals surface area contributed by atoms with Crippen molar-refractivity contribution in [1.29, 1.82) is 0 Å². The fourth-order valence-electron chi connectivity index (χ4n) is 4.01. The van der Waals surface area contributed by atoms with E-state index in [-0.39, 0.29) is 18.0 Å². The van der Waals surface area contributed by atoms with Crippen molar-refractivity contribution in [3.8, 4) is 0 Å². The molecule has 34 heavy (non-hydrogen) atoms. The summed E-state index contributed by atoms with van der Waals surface area (Å²) in [6, 6.07) is 9.84. The summed E-state index contributed by atoms with van der Waals surface area (Å²) in [4.78, 5) is 19.1. The summed E-state index contributed by atoms with van der Waals surface area (Å²) in [5, 5.41) is 5.78. The number of hydrogen-bond donors (Lipinski definition) is 0. The number of thioether (sulfide) groups is 1. The average Bonchev–Trinajstić information content (AvgIpc) is 3.38. The fraction of sp³-hybridized carbons (Fsp3) is 0.292. The normalized spacial score (nSPS) is 18.2. The standard InChI is InChI=1S/C24H21F3N4O2S/c1-15-2-4-17(19(10-15)24(25,26)27)14-31-20-5-3-16(11-18(20)13-28-31)12-21-22(32)29-23(34-21)30-6-8-33-9-7-30/h2-5,10-13H,6-9,14H2,1H3/b21-12-. The zero-order chi connectivity index (χ0) is 23.9. The highest BCUT2D eigenvalue weighted by Gasteiger charge is 2.33. The predicted octanol–water partition coefficient (Wildman–Crippen LogP) is 4.71. The van der Waals surface area contributed by atoms with E-state index in [0.717, 1.165) is 17.0 Å². The minimum Gasteiger partial charge on any atom is -0.378 e. The van der Waals surface area contributed by atoms with Crippen molar-refractivity contribution in [2.24, 2.45) is 4.99 Å². The molecule has 0 unspecified atom stereocenters. The Balaban J connectivity index is 1.37. The van der Waals surface area contributed by atoms with Gasteiger partial charge in [0.25, 0.3) is 5.91 Å². The van der Waals surface area contributed by atoms with E-state index in [2.05, 4.69) is 10.1 Å². The first-order valence-corrected chi connectivity index (χ1v) is 11.6. The molecule has 2 aliphatic rings. The van der Waals surface area contributed by atoms with Crippen LogP contribution in [0.15, 0.2) is 52.5 Å². The van der Waals surface area contributed by atoms with Crippen LogP contribution < -0.4 is 0 Å². The van der Waals surface area contributed by atoms with Crippen LogP contribution in [0.4, 0.5) is 13.2 Å². The number of fused-ring (bicyclic) bond motifs is 1. The molecular formula is C24H21F3N4O2S. The molecule has 1 saturated heterocycles. The molecule has 176 valence electrons. The molecule has 1 aromatic heterocycles. The second kappa shape index (κ2) is 8.92. The minimum atomic E-state index is -4.43. The van der Waals surface area contributed by atoms with E-state index in [9.17, 15) is 18.0 Å². The van der Waals surface area contributed by atoms with Gasteiger partial charge in [0.2, 0.25) is 0 Å². The number of nitrogens with zero attached hydrogens (tertiary/aromatic N) is 4. The lowest BCUT2D eigenvalue weighted by Gasteiger charge is -2.27. The lowest BCUT2D eigenvalue weighted by molar-refractivity contribution is -0.138. The number of ether oxygens (including phenoxy) is 1. The fourth-order valence-corrected chi connectivity index (χ4v) is 4.98. The van der Waals surface area contributed by atoms with Crippen LogP contribution in [0.25, 0.3) is 17.0 Å². The maximum atomic E-state index is 13.5. The largest absolute Gasteiger partial charge is 0.416 e. The Bertz CT molecular complexity index is 1320. The molecule has 0 radical (unpaired) electrons. The number of aliphatic imine (C=N–C) groups is 1. The Morgan fingerprint density at radius 1 is 1.15 bits per heavy atom. The maximum absolute atomic E-state index is 13.5. The van der Waals surface area contributed by atoms with E-state index >= 15 is 0 Å². The monoisotopic (exact) mass is 486 g/mol. The van der Waals surface area contributed by atoms with Crippen LogP contribution in [-0.2, 0) is 22.3 Å². The maximum Gasteiger partial charge on any atom is 0.416 e. The molecule has 2 aliphatic heterocycles. The molecule has 0 saturated carbocycles. The summed E-state index contributed by atoms with van der Waals surface area (Å²) in [6.07, 6.45) is -1.03. The number of benzene rings is 2. The molecule has 3 aromatic rings. The Labute approximate surface area is 198 Å². The number of aromatic nitrogens is 2. The van der Waals surface area contributed by atoms with Gasteiger partial charge in [-0.25, -0.2) is 0 Å². The van der Waals surface area contributed by atoms with Crippen LogP contribution >= 0.6 is 11.8 Å². The zero-order valence-electron chi connectivity index (χ0n) is 18.3. The molecule has 2 aromatic carbocycles. The number of hydrogen-bond acceptors (Lipinski definition) is 5. The van der Waals surface area contributed by atoms with Crippen molar-refractivity contribution in [1.82, 2.24) is 14.7 Å². The zero-order valence-corrected chi connectivity index (χ0v) is 19.1. The molecular weight excluding hydrogens is 465 g/mol. The van der Waals surface area contributed by atoms with E-state index in [1.165, 1.54) is 17.8 Å². The van der Waals surface area contributed by atoms with Crippen LogP contribution in [0.2, 0.25) is 0 Å². The first kappa shape index (κ1) is 22.7. The number of alkyl halides is 3. The van der Waals surface area contributed by atoms with Crippen LogP contribution in [0, 0.1) is 6.92 Å². The van der Waals surface area contributed by atoms with Gasteiger partial charge in [0.1, 0.15) is 0 Å². The minimum absolute atomic E-state index is 0.00411. The molecule has 0 atom stereocenters. The van der Waals surface area contributed by atoms with Crippen molar-refractivity contribution in [2.75, 3.05) is 26.3 Å². The molecule has 0 N–H and O–H groups in total. The summed E-state index contributed by atoms with van der Waals surface area (Å²) in [7, 11) is 0. The molecule has 10 heteroatoms. The van der Waals surface area contributed by atoms with Crippen molar-refractivity contribution in [3.63, 3.8) is 0 Å². The smallest absolute Gasteiger partial charge is 0.378 e. The second-order valence-electron chi connectivity index (χ2n) is 8.19. The van der Waals surface area contributed by atoms with Gasteiger partial charge in [0.05, 0.1) is 41.9 Å². The summed E-state index contributed by atoms with van der Waals surface area (Å²) >= 11 is 1.34. The van der Waals surface area contributed by atoms with Gasteiger partial charge in [-0.1, -0.05) is 23.8 Å². The SMILES string of the molecule is Cc1ccc(Cn2ncc3cc(/C=C4\SC(N5CCOCC5)=NC4=O)ccc32)c(C(F)(F)F)c1. The van der Waals surface area contributed by atoms with Crippen molar-refractivity contribution in [2.45, 2.75) is 19.6 Å². The van der Waals surface area contributed by atoms with Gasteiger partial charge in [-0.2, -0.15) is 23.3 Å². The van der Waals surface area contributed by atoms with Gasteiger partial charge in [0, 0.05) is 18.5 Å². The number of morpholine rings is 1. The molecule has 0 aliphatic carbocycles. The van der Waals surface area contributed by atoms with Crippen LogP contribution in [0.1, 0.15) is 22.3 Å². The Kier molecular flexibility index (Phi) is 5.95. The van der Waals surface area contributed by atoms with Crippen molar-refractivity contribution >= 4 is 39.8 Å². The second-order valence-corrected chi connectivity index (χ2v) is 9.20. The highest BCUT2D eigenvalue weighted by molar-refractivity contribution is 8.18. The van der Waals surface area contributed by atoms with Gasteiger partial charge in [0.15, 0.2) is 5.17 Å². The molecule has 1 amide bonds. The molecule has 1 fully saturated rings. The number of amidine groups is 1. The van der Waals surface area contributed by atoms with Gasteiger partial charge in [-0.3, -0.25) is 9.48 Å². The summed E-state index contributed by atoms with van der Waals surface area (Å²) in [6.45, 7) is 4.27. The van der Waals surface area contributed by atoms with E-state index in [1.54, 1.807) is 29.9 Å². The number of carbonyl (C=O) groups is 1. The lowest BCUT2D eigenvalue weighted by Crippen LogP contribution is -2.38. The van der Waals surface area contributed by atoms with Crippen LogP contribution in [0.5, 0.6) is 0 Å². The third-order valence-corrected chi connectivity index (χ3v) is 6.79. The molecule has 6 nitrogen and oxygen atoms in total. The number of aryl methyl sites for hydroxylation is 1. The third kappa shape index (κ3) is 4.60. The molecule has 0 bridgehead atoms. The summed E-state index contributed by atoms with van der Waals surface area (Å²) in [5.41, 5.74) is 1.58. The topological polar surface area (TPSA) is 59.7 Å². The summed E-state index contributed by atoms with van der Waals surface area (Å²) in [5.74, 6) is -0.277. The van der Waals surface area contributed by atoms with Crippen molar-refractivity contribution in [3.05, 3.63) is 69.8 Å². The van der Waals surface area contributed by atoms with Gasteiger partial charge in [-0.05, 0) is 54.1 Å². The third-order valence-electron chi connectivity index (χ3n) is 5.75. The Morgan fingerprint density at radius 2 is 1.94 bits per heavy atom. The highest BCUT2D eigenvalue weighted by atomic mass is 32.2. The molecule has 0 spiro atoms. The number of carbonyl (C=O) groups excluding carboxylic acids is 1. The Morgan fingerprint density at radius 3 is 2.71 bits per heavy atom. The van der Waals surface area contributed by atoms with Gasteiger partial charge >= 0.3 is 6.18 Å². The molecule has 3 heterocycles. The average molecular weight is 487 g/mol. The van der Waals surface area contributed by atoms with Crippen LogP contribution in [-0.4, -0.2) is 52.1 Å². The van der Waals surface area contributed by atoms with E-state index in [0.29, 0.717) is 47.5 Å². The predicted molar refractivity (Wildman–Crippen MR) is 125 cm³/mol.